The first-order valence-electron chi connectivity index (χ1n) is 6.11. The summed E-state index contributed by atoms with van der Waals surface area (Å²) in [6.07, 6.45) is 4.35. The molecule has 6 nitrogen and oxygen atoms in total. The topological polar surface area (TPSA) is 74.4 Å². The van der Waals surface area contributed by atoms with E-state index < -0.39 is 10.9 Å². The van der Waals surface area contributed by atoms with E-state index in [0.29, 0.717) is 6.54 Å². The number of ether oxygens (including phenoxy) is 1. The third-order valence-electron chi connectivity index (χ3n) is 2.58. The maximum Gasteiger partial charge on any atom is 0.355 e. The molecule has 1 heterocycles. The van der Waals surface area contributed by atoms with Crippen LogP contribution in [0.25, 0.3) is 0 Å². The minimum Gasteiger partial charge on any atom is -0.461 e. The van der Waals surface area contributed by atoms with Crippen molar-refractivity contribution in [3.05, 3.63) is 28.1 Å². The van der Waals surface area contributed by atoms with Crippen LogP contribution in [0.2, 0.25) is 0 Å². The Morgan fingerprint density at radius 3 is 2.72 bits per heavy atom. The van der Waals surface area contributed by atoms with Crippen molar-refractivity contribution >= 4 is 11.7 Å². The SMILES string of the molecule is CCCCCn1cc([N+](=O)[O-])cc1C(=O)OCC. The molecule has 0 saturated carbocycles. The molecule has 0 aliphatic carbocycles. The van der Waals surface area contributed by atoms with Gasteiger partial charge in [-0.2, -0.15) is 0 Å². The van der Waals surface area contributed by atoms with Crippen molar-refractivity contribution in [2.75, 3.05) is 6.61 Å². The minimum absolute atomic E-state index is 0.0745. The van der Waals surface area contributed by atoms with E-state index in [-0.39, 0.29) is 18.0 Å². The van der Waals surface area contributed by atoms with Gasteiger partial charge in [-0.3, -0.25) is 10.1 Å². The number of hydrogen-bond acceptors (Lipinski definition) is 4. The van der Waals surface area contributed by atoms with Crippen LogP contribution in [0.1, 0.15) is 43.6 Å². The fourth-order valence-corrected chi connectivity index (χ4v) is 1.69. The van der Waals surface area contributed by atoms with Crippen LogP contribution in [0.4, 0.5) is 5.69 Å². The zero-order chi connectivity index (χ0) is 13.5. The van der Waals surface area contributed by atoms with Crippen molar-refractivity contribution in [1.29, 1.82) is 0 Å². The Hall–Kier alpha value is -1.85. The smallest absolute Gasteiger partial charge is 0.355 e. The first kappa shape index (κ1) is 14.2. The molecular formula is C12H18N2O4. The molecule has 100 valence electrons. The number of carbonyl (C=O) groups is 1. The lowest BCUT2D eigenvalue weighted by Crippen LogP contribution is -2.11. The number of rotatable bonds is 7. The van der Waals surface area contributed by atoms with Gasteiger partial charge in [0.2, 0.25) is 0 Å². The summed E-state index contributed by atoms with van der Waals surface area (Å²) in [5.74, 6) is -0.512. The van der Waals surface area contributed by atoms with Crippen LogP contribution in [0.3, 0.4) is 0 Å². The van der Waals surface area contributed by atoms with E-state index in [0.717, 1.165) is 19.3 Å². The van der Waals surface area contributed by atoms with Gasteiger partial charge in [0, 0.05) is 12.6 Å². The molecule has 0 radical (unpaired) electrons. The van der Waals surface area contributed by atoms with E-state index in [1.807, 2.05) is 0 Å². The maximum absolute atomic E-state index is 11.7. The van der Waals surface area contributed by atoms with Crippen molar-refractivity contribution in [3.63, 3.8) is 0 Å². The second-order valence-corrected chi connectivity index (χ2v) is 3.96. The molecule has 0 spiro atoms. The molecule has 0 aliphatic heterocycles. The number of esters is 1. The number of nitrogens with zero attached hydrogens (tertiary/aromatic N) is 2. The number of unbranched alkanes of at least 4 members (excludes halogenated alkanes) is 2. The Bertz CT molecular complexity index is 426. The number of aryl methyl sites for hydroxylation is 1. The Morgan fingerprint density at radius 1 is 1.44 bits per heavy atom. The summed E-state index contributed by atoms with van der Waals surface area (Å²) < 4.78 is 6.49. The number of nitro groups is 1. The molecule has 1 aromatic rings. The molecule has 0 N–H and O–H groups in total. The van der Waals surface area contributed by atoms with Crippen molar-refractivity contribution in [2.45, 2.75) is 39.7 Å². The van der Waals surface area contributed by atoms with E-state index in [4.69, 9.17) is 4.74 Å². The highest BCUT2D eigenvalue weighted by atomic mass is 16.6. The highest BCUT2D eigenvalue weighted by Crippen LogP contribution is 2.18. The lowest BCUT2D eigenvalue weighted by Gasteiger charge is -2.07. The largest absolute Gasteiger partial charge is 0.461 e. The number of aromatic nitrogens is 1. The maximum atomic E-state index is 11.7. The van der Waals surface area contributed by atoms with Gasteiger partial charge in [-0.1, -0.05) is 19.8 Å². The molecule has 1 aromatic heterocycles. The molecule has 18 heavy (non-hydrogen) atoms. The zero-order valence-corrected chi connectivity index (χ0v) is 10.7. The Balaban J connectivity index is 2.90. The van der Waals surface area contributed by atoms with E-state index in [9.17, 15) is 14.9 Å². The van der Waals surface area contributed by atoms with Gasteiger partial charge < -0.3 is 9.30 Å². The summed E-state index contributed by atoms with van der Waals surface area (Å²) >= 11 is 0. The molecule has 0 aromatic carbocycles. The highest BCUT2D eigenvalue weighted by Gasteiger charge is 2.19. The van der Waals surface area contributed by atoms with Crippen LogP contribution in [0, 0.1) is 10.1 Å². The molecule has 0 unspecified atom stereocenters. The lowest BCUT2D eigenvalue weighted by atomic mass is 10.2. The summed E-state index contributed by atoms with van der Waals surface area (Å²) in [5.41, 5.74) is 0.175. The van der Waals surface area contributed by atoms with Crippen LogP contribution >= 0.6 is 0 Å². The lowest BCUT2D eigenvalue weighted by molar-refractivity contribution is -0.384. The fraction of sp³-hybridized carbons (Fsp3) is 0.583. The standard InChI is InChI=1S/C12H18N2O4/c1-3-5-6-7-13-9-10(14(16)17)8-11(13)12(15)18-4-2/h8-9H,3-7H2,1-2H3. The van der Waals surface area contributed by atoms with Crippen molar-refractivity contribution < 1.29 is 14.5 Å². The van der Waals surface area contributed by atoms with Crippen molar-refractivity contribution in [2.24, 2.45) is 0 Å². The van der Waals surface area contributed by atoms with E-state index in [2.05, 4.69) is 6.92 Å². The predicted octanol–water partition coefficient (Wildman–Crippen LogP) is 2.76. The summed E-state index contributed by atoms with van der Waals surface area (Å²) in [4.78, 5) is 21.9. The molecule has 0 fully saturated rings. The third-order valence-corrected chi connectivity index (χ3v) is 2.58. The summed E-state index contributed by atoms with van der Waals surface area (Å²) in [7, 11) is 0. The fourth-order valence-electron chi connectivity index (χ4n) is 1.69. The van der Waals surface area contributed by atoms with Crippen LogP contribution in [-0.2, 0) is 11.3 Å². The van der Waals surface area contributed by atoms with Crippen LogP contribution < -0.4 is 0 Å². The minimum atomic E-state index is -0.512. The average Bonchev–Trinajstić information content (AvgIpc) is 2.74. The first-order chi connectivity index (χ1) is 8.60. The second-order valence-electron chi connectivity index (χ2n) is 3.96. The molecule has 0 saturated heterocycles. The Labute approximate surface area is 106 Å². The first-order valence-corrected chi connectivity index (χ1v) is 6.11. The van der Waals surface area contributed by atoms with Crippen LogP contribution in [0.5, 0.6) is 0 Å². The van der Waals surface area contributed by atoms with Crippen LogP contribution in [0.15, 0.2) is 12.3 Å². The van der Waals surface area contributed by atoms with Gasteiger partial charge in [-0.05, 0) is 13.3 Å². The van der Waals surface area contributed by atoms with Gasteiger partial charge in [-0.25, -0.2) is 4.79 Å². The molecule has 0 atom stereocenters. The van der Waals surface area contributed by atoms with Crippen molar-refractivity contribution in [3.8, 4) is 0 Å². The van der Waals surface area contributed by atoms with Gasteiger partial charge in [0.25, 0.3) is 5.69 Å². The Kier molecular flexibility index (Phi) is 5.35. The van der Waals surface area contributed by atoms with Gasteiger partial charge in [0.1, 0.15) is 5.69 Å². The van der Waals surface area contributed by atoms with Gasteiger partial charge in [-0.15, -0.1) is 0 Å². The third kappa shape index (κ3) is 3.58. The van der Waals surface area contributed by atoms with E-state index >= 15 is 0 Å². The predicted molar refractivity (Wildman–Crippen MR) is 66.6 cm³/mol. The van der Waals surface area contributed by atoms with E-state index in [1.54, 1.807) is 11.5 Å². The highest BCUT2D eigenvalue weighted by molar-refractivity contribution is 5.88. The molecule has 6 heteroatoms. The van der Waals surface area contributed by atoms with Crippen molar-refractivity contribution in [1.82, 2.24) is 4.57 Å². The molecule has 0 bridgehead atoms. The number of carbonyl (C=O) groups excluding carboxylic acids is 1. The normalized spacial score (nSPS) is 10.3. The Morgan fingerprint density at radius 2 is 2.17 bits per heavy atom. The second kappa shape index (κ2) is 6.78. The summed E-state index contributed by atoms with van der Waals surface area (Å²) in [5, 5.41) is 10.7. The molecule has 1 rings (SSSR count). The van der Waals surface area contributed by atoms with Gasteiger partial charge in [0.05, 0.1) is 17.7 Å². The number of hydrogen-bond donors (Lipinski definition) is 0. The summed E-state index contributed by atoms with van der Waals surface area (Å²) in [6.45, 7) is 4.63. The molecule has 0 aliphatic rings. The van der Waals surface area contributed by atoms with Gasteiger partial charge in [0.15, 0.2) is 0 Å². The summed E-state index contributed by atoms with van der Waals surface area (Å²) in [6, 6.07) is 1.27. The van der Waals surface area contributed by atoms with Gasteiger partial charge >= 0.3 is 5.97 Å². The zero-order valence-electron chi connectivity index (χ0n) is 10.7. The van der Waals surface area contributed by atoms with E-state index in [1.165, 1.54) is 12.3 Å². The molecular weight excluding hydrogens is 236 g/mol. The molecule has 0 amide bonds. The quantitative estimate of drug-likeness (QED) is 0.324. The average molecular weight is 254 g/mol. The monoisotopic (exact) mass is 254 g/mol. The van der Waals surface area contributed by atoms with Crippen LogP contribution in [-0.4, -0.2) is 22.1 Å².